The van der Waals surface area contributed by atoms with E-state index in [1.807, 2.05) is 65.6 Å². The molecule has 0 atom stereocenters. The number of anilines is 2. The van der Waals surface area contributed by atoms with Crippen molar-refractivity contribution in [1.82, 2.24) is 9.97 Å². The number of aliphatic hydroxyl groups excluding tert-OH is 1. The van der Waals surface area contributed by atoms with Crippen LogP contribution in [0.3, 0.4) is 0 Å². The van der Waals surface area contributed by atoms with Gasteiger partial charge in [0.15, 0.2) is 0 Å². The molecule has 0 spiro atoms. The predicted molar refractivity (Wildman–Crippen MR) is 105 cm³/mol. The quantitative estimate of drug-likeness (QED) is 0.634. The largest absolute Gasteiger partial charge is 0.395 e. The first-order chi connectivity index (χ1) is 12.7. The monoisotopic (exact) mass is 368 g/mol. The molecule has 5 nitrogen and oxygen atoms in total. The molecule has 0 aliphatic heterocycles. The molecule has 2 aromatic carbocycles. The van der Waals surface area contributed by atoms with E-state index in [9.17, 15) is 5.11 Å². The second-order valence-electron chi connectivity index (χ2n) is 5.85. The summed E-state index contributed by atoms with van der Waals surface area (Å²) in [6, 6.07) is 19.6. The smallest absolute Gasteiger partial charge is 0.227 e. The topological polar surface area (TPSA) is 61.3 Å². The van der Waals surface area contributed by atoms with Crippen LogP contribution < -0.4 is 10.2 Å². The molecule has 0 amide bonds. The Kier molecular flexibility index (Phi) is 6.41. The maximum Gasteiger partial charge on any atom is 0.227 e. The number of aromatic nitrogens is 2. The summed E-state index contributed by atoms with van der Waals surface area (Å²) >= 11 is 5.91. The third-order valence-corrected chi connectivity index (χ3v) is 4.15. The Morgan fingerprint density at radius 3 is 2.46 bits per heavy atom. The van der Waals surface area contributed by atoms with Gasteiger partial charge in [-0.2, -0.15) is 4.98 Å². The predicted octanol–water partition coefficient (Wildman–Crippen LogP) is 3.74. The van der Waals surface area contributed by atoms with Crippen molar-refractivity contribution in [3.05, 3.63) is 83.0 Å². The molecule has 0 radical (unpaired) electrons. The maximum absolute atomic E-state index is 9.40. The third kappa shape index (κ3) is 5.18. The molecule has 3 aromatic rings. The van der Waals surface area contributed by atoms with Crippen LogP contribution in [0.25, 0.3) is 0 Å². The average Bonchev–Trinajstić information content (AvgIpc) is 2.68. The zero-order valence-corrected chi connectivity index (χ0v) is 15.1. The minimum absolute atomic E-state index is 0.0403. The standard InChI is InChI=1S/C20H21ClN4O/c21-18-8-6-16(7-9-18)14-23-19-10-11-22-20(24-19)25(12-13-26)15-17-4-2-1-3-5-17/h1-11,26H,12-15H2,(H,22,23,24). The van der Waals surface area contributed by atoms with Gasteiger partial charge in [0.1, 0.15) is 5.82 Å². The van der Waals surface area contributed by atoms with Crippen molar-refractivity contribution in [3.8, 4) is 0 Å². The van der Waals surface area contributed by atoms with Crippen LogP contribution in [0.5, 0.6) is 0 Å². The summed E-state index contributed by atoms with van der Waals surface area (Å²) < 4.78 is 0. The average molecular weight is 369 g/mol. The third-order valence-electron chi connectivity index (χ3n) is 3.90. The molecule has 0 saturated heterocycles. The van der Waals surface area contributed by atoms with Crippen molar-refractivity contribution in [1.29, 1.82) is 0 Å². The van der Waals surface area contributed by atoms with E-state index < -0.39 is 0 Å². The van der Waals surface area contributed by atoms with Gasteiger partial charge in [0.25, 0.3) is 0 Å². The lowest BCUT2D eigenvalue weighted by atomic mass is 10.2. The van der Waals surface area contributed by atoms with Crippen LogP contribution in [0.2, 0.25) is 5.02 Å². The first kappa shape index (κ1) is 18.2. The van der Waals surface area contributed by atoms with Crippen LogP contribution in [0, 0.1) is 0 Å². The van der Waals surface area contributed by atoms with Gasteiger partial charge < -0.3 is 15.3 Å². The summed E-state index contributed by atoms with van der Waals surface area (Å²) in [6.07, 6.45) is 1.72. The number of aliphatic hydroxyl groups is 1. The van der Waals surface area contributed by atoms with Crippen molar-refractivity contribution >= 4 is 23.4 Å². The van der Waals surface area contributed by atoms with Gasteiger partial charge in [-0.3, -0.25) is 0 Å². The Morgan fingerprint density at radius 1 is 0.962 bits per heavy atom. The number of nitrogens with one attached hydrogen (secondary N) is 1. The summed E-state index contributed by atoms with van der Waals surface area (Å²) in [7, 11) is 0. The van der Waals surface area contributed by atoms with Gasteiger partial charge in [0, 0.05) is 30.9 Å². The van der Waals surface area contributed by atoms with E-state index in [2.05, 4.69) is 15.3 Å². The molecule has 3 rings (SSSR count). The van der Waals surface area contributed by atoms with E-state index in [1.54, 1.807) is 6.20 Å². The Bertz CT molecular complexity index is 812. The first-order valence-electron chi connectivity index (χ1n) is 8.46. The summed E-state index contributed by atoms with van der Waals surface area (Å²) in [6.45, 7) is 1.79. The van der Waals surface area contributed by atoms with Gasteiger partial charge in [-0.25, -0.2) is 4.98 Å². The van der Waals surface area contributed by atoms with Crippen LogP contribution in [-0.2, 0) is 13.1 Å². The lowest BCUT2D eigenvalue weighted by molar-refractivity contribution is 0.301. The van der Waals surface area contributed by atoms with E-state index in [-0.39, 0.29) is 6.61 Å². The Hall–Kier alpha value is -2.63. The highest BCUT2D eigenvalue weighted by Crippen LogP contribution is 2.16. The molecule has 0 saturated carbocycles. The van der Waals surface area contributed by atoms with Crippen LogP contribution in [0.1, 0.15) is 11.1 Å². The minimum atomic E-state index is 0.0403. The number of hydrogen-bond acceptors (Lipinski definition) is 5. The molecule has 1 heterocycles. The highest BCUT2D eigenvalue weighted by atomic mass is 35.5. The SMILES string of the molecule is OCCN(Cc1ccccc1)c1nccc(NCc2ccc(Cl)cc2)n1. The molecule has 0 fully saturated rings. The van der Waals surface area contributed by atoms with Gasteiger partial charge in [0.2, 0.25) is 5.95 Å². The molecular weight excluding hydrogens is 348 g/mol. The van der Waals surface area contributed by atoms with Gasteiger partial charge in [-0.1, -0.05) is 54.1 Å². The van der Waals surface area contributed by atoms with Crippen LogP contribution in [-0.4, -0.2) is 28.2 Å². The molecule has 134 valence electrons. The van der Waals surface area contributed by atoms with Crippen molar-refractivity contribution in [2.75, 3.05) is 23.4 Å². The number of benzene rings is 2. The van der Waals surface area contributed by atoms with Crippen LogP contribution in [0.15, 0.2) is 66.9 Å². The molecule has 0 aliphatic carbocycles. The fourth-order valence-electron chi connectivity index (χ4n) is 2.57. The molecule has 2 N–H and O–H groups in total. The lowest BCUT2D eigenvalue weighted by Crippen LogP contribution is -2.28. The fourth-order valence-corrected chi connectivity index (χ4v) is 2.69. The van der Waals surface area contributed by atoms with E-state index in [4.69, 9.17) is 11.6 Å². The van der Waals surface area contributed by atoms with Gasteiger partial charge in [-0.15, -0.1) is 0 Å². The molecule has 1 aromatic heterocycles. The highest BCUT2D eigenvalue weighted by molar-refractivity contribution is 6.30. The van der Waals surface area contributed by atoms with Crippen molar-refractivity contribution < 1.29 is 5.11 Å². The highest BCUT2D eigenvalue weighted by Gasteiger charge is 2.10. The van der Waals surface area contributed by atoms with Gasteiger partial charge >= 0.3 is 0 Å². The minimum Gasteiger partial charge on any atom is -0.395 e. The summed E-state index contributed by atoms with van der Waals surface area (Å²) in [4.78, 5) is 10.9. The van der Waals surface area contributed by atoms with E-state index in [1.165, 1.54) is 0 Å². The van der Waals surface area contributed by atoms with Crippen molar-refractivity contribution in [2.24, 2.45) is 0 Å². The normalized spacial score (nSPS) is 10.5. The maximum atomic E-state index is 9.40. The molecule has 0 bridgehead atoms. The second-order valence-corrected chi connectivity index (χ2v) is 6.29. The number of nitrogens with zero attached hydrogens (tertiary/aromatic N) is 3. The number of rotatable bonds is 8. The van der Waals surface area contributed by atoms with Gasteiger partial charge in [-0.05, 0) is 29.3 Å². The summed E-state index contributed by atoms with van der Waals surface area (Å²) in [5, 5.41) is 13.4. The Labute approximate surface area is 158 Å². The summed E-state index contributed by atoms with van der Waals surface area (Å²) in [5.74, 6) is 1.32. The van der Waals surface area contributed by atoms with E-state index in [0.29, 0.717) is 25.6 Å². The number of halogens is 1. The van der Waals surface area contributed by atoms with Crippen LogP contribution in [0.4, 0.5) is 11.8 Å². The van der Waals surface area contributed by atoms with E-state index >= 15 is 0 Å². The zero-order chi connectivity index (χ0) is 18.2. The Morgan fingerprint density at radius 2 is 1.73 bits per heavy atom. The molecule has 0 aliphatic rings. The molecular formula is C20H21ClN4O. The molecule has 6 heteroatoms. The molecule has 26 heavy (non-hydrogen) atoms. The van der Waals surface area contributed by atoms with Crippen molar-refractivity contribution in [2.45, 2.75) is 13.1 Å². The first-order valence-corrected chi connectivity index (χ1v) is 8.83. The number of hydrogen-bond donors (Lipinski definition) is 2. The second kappa shape index (κ2) is 9.17. The zero-order valence-electron chi connectivity index (χ0n) is 14.3. The van der Waals surface area contributed by atoms with Crippen molar-refractivity contribution in [3.63, 3.8) is 0 Å². The molecule has 0 unspecified atom stereocenters. The van der Waals surface area contributed by atoms with Gasteiger partial charge in [0.05, 0.1) is 6.61 Å². The van der Waals surface area contributed by atoms with Crippen LogP contribution >= 0.6 is 11.6 Å². The Balaban J connectivity index is 1.70. The fraction of sp³-hybridized carbons (Fsp3) is 0.200. The lowest BCUT2D eigenvalue weighted by Gasteiger charge is -2.22. The summed E-state index contributed by atoms with van der Waals surface area (Å²) in [5.41, 5.74) is 2.26. The van der Waals surface area contributed by atoms with E-state index in [0.717, 1.165) is 22.0 Å².